The molecule has 0 bridgehead atoms. The zero-order valence-corrected chi connectivity index (χ0v) is 12.0. The predicted molar refractivity (Wildman–Crippen MR) is 81.7 cm³/mol. The monoisotopic (exact) mass is 268 g/mol. The molecule has 0 saturated heterocycles. The highest BCUT2D eigenvalue weighted by Gasteiger charge is 2.08. The van der Waals surface area contributed by atoms with Crippen molar-refractivity contribution in [2.45, 2.75) is 26.6 Å². The van der Waals surface area contributed by atoms with Gasteiger partial charge < -0.3 is 14.5 Å². The van der Waals surface area contributed by atoms with Gasteiger partial charge in [0, 0.05) is 31.7 Å². The number of hydrogen-bond acceptors (Lipinski definition) is 2. The van der Waals surface area contributed by atoms with Crippen molar-refractivity contribution in [2.75, 3.05) is 7.05 Å². The third kappa shape index (κ3) is 2.23. The van der Waals surface area contributed by atoms with E-state index in [1.165, 1.54) is 16.5 Å². The van der Waals surface area contributed by atoms with Crippen LogP contribution in [0.25, 0.3) is 10.9 Å². The highest BCUT2D eigenvalue weighted by molar-refractivity contribution is 5.83. The Morgan fingerprint density at radius 2 is 2.05 bits per heavy atom. The lowest BCUT2D eigenvalue weighted by Crippen LogP contribution is -2.10. The fraction of sp³-hybridized carbons (Fsp3) is 0.312. The molecule has 0 aliphatic rings. The van der Waals surface area contributed by atoms with Gasteiger partial charge in [0.15, 0.2) is 0 Å². The first kappa shape index (κ1) is 12.9. The van der Waals surface area contributed by atoms with E-state index in [0.29, 0.717) is 0 Å². The van der Waals surface area contributed by atoms with Gasteiger partial charge in [0.05, 0.1) is 12.1 Å². The quantitative estimate of drug-likeness (QED) is 0.772. The van der Waals surface area contributed by atoms with Crippen molar-refractivity contribution in [2.24, 2.45) is 0 Å². The Kier molecular flexibility index (Phi) is 3.56. The van der Waals surface area contributed by atoms with E-state index < -0.39 is 0 Å². The van der Waals surface area contributed by atoms with Gasteiger partial charge in [-0.1, -0.05) is 18.2 Å². The van der Waals surface area contributed by atoms with Crippen LogP contribution in [0.2, 0.25) is 0 Å². The molecule has 4 heteroatoms. The molecule has 0 spiro atoms. The van der Waals surface area contributed by atoms with Crippen LogP contribution in [0, 0.1) is 0 Å². The van der Waals surface area contributed by atoms with Gasteiger partial charge in [-0.25, -0.2) is 4.98 Å². The number of benzene rings is 1. The van der Waals surface area contributed by atoms with Crippen molar-refractivity contribution < 1.29 is 0 Å². The molecule has 1 aromatic carbocycles. The molecule has 0 unspecified atom stereocenters. The molecule has 3 rings (SSSR count). The van der Waals surface area contributed by atoms with Gasteiger partial charge in [0.1, 0.15) is 5.82 Å². The standard InChI is InChI=1S/C16H20N4/c1-3-19-10-8-18-15(19)12-20-9-7-13-5-4-6-14(11-17-2)16(13)20/h4-10,17H,3,11-12H2,1-2H3. The molecule has 0 aliphatic heterocycles. The van der Waals surface area contributed by atoms with Crippen molar-refractivity contribution in [1.82, 2.24) is 19.4 Å². The summed E-state index contributed by atoms with van der Waals surface area (Å²) in [6, 6.07) is 8.64. The van der Waals surface area contributed by atoms with Gasteiger partial charge >= 0.3 is 0 Å². The third-order valence-corrected chi connectivity index (χ3v) is 3.69. The molecule has 0 saturated carbocycles. The van der Waals surface area contributed by atoms with Crippen molar-refractivity contribution in [3.63, 3.8) is 0 Å². The summed E-state index contributed by atoms with van der Waals surface area (Å²) in [6.45, 7) is 4.79. The number of para-hydroxylation sites is 1. The maximum atomic E-state index is 4.47. The molecule has 1 N–H and O–H groups in total. The summed E-state index contributed by atoms with van der Waals surface area (Å²) in [5.74, 6) is 1.10. The van der Waals surface area contributed by atoms with Gasteiger partial charge in [0.25, 0.3) is 0 Å². The van der Waals surface area contributed by atoms with Gasteiger partial charge in [-0.15, -0.1) is 0 Å². The first-order valence-electron chi connectivity index (χ1n) is 7.04. The summed E-state index contributed by atoms with van der Waals surface area (Å²) < 4.78 is 4.48. The zero-order valence-electron chi connectivity index (χ0n) is 12.0. The minimum atomic E-state index is 0.811. The van der Waals surface area contributed by atoms with Crippen LogP contribution in [0.5, 0.6) is 0 Å². The van der Waals surface area contributed by atoms with Crippen LogP contribution in [0.3, 0.4) is 0 Å². The Bertz CT molecular complexity index is 708. The summed E-state index contributed by atoms with van der Waals surface area (Å²) in [7, 11) is 1.98. The number of hydrogen-bond donors (Lipinski definition) is 1. The van der Waals surface area contributed by atoms with Gasteiger partial charge in [-0.2, -0.15) is 0 Å². The predicted octanol–water partition coefficient (Wildman–Crippen LogP) is 2.63. The molecule has 0 radical (unpaired) electrons. The van der Waals surface area contributed by atoms with Gasteiger partial charge in [-0.05, 0) is 31.0 Å². The van der Waals surface area contributed by atoms with Crippen molar-refractivity contribution in [3.05, 3.63) is 54.2 Å². The van der Waals surface area contributed by atoms with Crippen LogP contribution < -0.4 is 5.32 Å². The largest absolute Gasteiger partial charge is 0.340 e. The average molecular weight is 268 g/mol. The third-order valence-electron chi connectivity index (χ3n) is 3.69. The number of fused-ring (bicyclic) bond motifs is 1. The molecule has 20 heavy (non-hydrogen) atoms. The highest BCUT2D eigenvalue weighted by Crippen LogP contribution is 2.21. The van der Waals surface area contributed by atoms with Crippen LogP contribution in [0.15, 0.2) is 42.9 Å². The molecule has 2 heterocycles. The maximum absolute atomic E-state index is 4.47. The first-order chi connectivity index (χ1) is 9.83. The number of rotatable bonds is 5. The molecule has 0 atom stereocenters. The Morgan fingerprint density at radius 3 is 2.85 bits per heavy atom. The SMILES string of the molecule is CCn1ccnc1Cn1ccc2cccc(CNC)c21. The van der Waals surface area contributed by atoms with Gasteiger partial charge in [-0.3, -0.25) is 0 Å². The van der Waals surface area contributed by atoms with Crippen LogP contribution in [-0.2, 0) is 19.6 Å². The van der Waals surface area contributed by atoms with Gasteiger partial charge in [0.2, 0.25) is 0 Å². The summed E-state index contributed by atoms with van der Waals surface area (Å²) in [5, 5.41) is 4.52. The van der Waals surface area contributed by atoms with E-state index in [1.54, 1.807) is 0 Å². The Labute approximate surface area is 119 Å². The zero-order chi connectivity index (χ0) is 13.9. The lowest BCUT2D eigenvalue weighted by Gasteiger charge is -2.10. The van der Waals surface area contributed by atoms with Crippen molar-refractivity contribution >= 4 is 10.9 Å². The maximum Gasteiger partial charge on any atom is 0.128 e. The van der Waals surface area contributed by atoms with Crippen molar-refractivity contribution in [3.8, 4) is 0 Å². The number of nitrogens with one attached hydrogen (secondary N) is 1. The molecule has 0 amide bonds. The van der Waals surface area contributed by atoms with E-state index in [4.69, 9.17) is 0 Å². The average Bonchev–Trinajstić information content (AvgIpc) is 3.07. The topological polar surface area (TPSA) is 34.8 Å². The number of aryl methyl sites for hydroxylation is 1. The van der Waals surface area contributed by atoms with E-state index in [-0.39, 0.29) is 0 Å². The molecule has 0 fully saturated rings. The number of nitrogens with zero attached hydrogens (tertiary/aromatic N) is 3. The molecule has 3 aromatic rings. The fourth-order valence-electron chi connectivity index (χ4n) is 2.74. The second-order valence-corrected chi connectivity index (χ2v) is 4.96. The molecular weight excluding hydrogens is 248 g/mol. The Balaban J connectivity index is 2.03. The second-order valence-electron chi connectivity index (χ2n) is 4.96. The normalized spacial score (nSPS) is 11.3. The molecule has 104 valence electrons. The van der Waals surface area contributed by atoms with Crippen LogP contribution in [-0.4, -0.2) is 21.2 Å². The van der Waals surface area contributed by atoms with Crippen LogP contribution in [0.1, 0.15) is 18.3 Å². The van der Waals surface area contributed by atoms with E-state index in [0.717, 1.165) is 25.5 Å². The molecule has 0 aliphatic carbocycles. The molecular formula is C16H20N4. The summed E-state index contributed by atoms with van der Waals surface area (Å²) in [5.41, 5.74) is 2.62. The molecule has 4 nitrogen and oxygen atoms in total. The van der Waals surface area contributed by atoms with Crippen LogP contribution >= 0.6 is 0 Å². The summed E-state index contributed by atoms with van der Waals surface area (Å²) in [6.07, 6.45) is 6.06. The molecule has 2 aromatic heterocycles. The van der Waals surface area contributed by atoms with E-state index in [9.17, 15) is 0 Å². The first-order valence-corrected chi connectivity index (χ1v) is 7.04. The minimum absolute atomic E-state index is 0.811. The van der Waals surface area contributed by atoms with E-state index >= 15 is 0 Å². The lowest BCUT2D eigenvalue weighted by molar-refractivity contribution is 0.660. The van der Waals surface area contributed by atoms with Crippen molar-refractivity contribution in [1.29, 1.82) is 0 Å². The summed E-state index contributed by atoms with van der Waals surface area (Å²) >= 11 is 0. The Hall–Kier alpha value is -2.07. The summed E-state index contributed by atoms with van der Waals surface area (Å²) in [4.78, 5) is 4.47. The second kappa shape index (κ2) is 5.51. The van der Waals surface area contributed by atoms with Crippen LogP contribution in [0.4, 0.5) is 0 Å². The number of imidazole rings is 1. The minimum Gasteiger partial charge on any atom is -0.340 e. The smallest absolute Gasteiger partial charge is 0.128 e. The lowest BCUT2D eigenvalue weighted by atomic mass is 10.1. The number of aromatic nitrogens is 3. The highest BCUT2D eigenvalue weighted by atomic mass is 15.1. The Morgan fingerprint density at radius 1 is 1.15 bits per heavy atom. The van der Waals surface area contributed by atoms with E-state index in [2.05, 4.69) is 56.8 Å². The van der Waals surface area contributed by atoms with E-state index in [1.807, 2.05) is 19.4 Å². The fourth-order valence-corrected chi connectivity index (χ4v) is 2.74.